The van der Waals surface area contributed by atoms with Crippen molar-refractivity contribution in [2.45, 2.75) is 0 Å². The van der Waals surface area contributed by atoms with Crippen LogP contribution in [0.3, 0.4) is 0 Å². The van der Waals surface area contributed by atoms with E-state index in [1.807, 2.05) is 57.7 Å². The van der Waals surface area contributed by atoms with Crippen LogP contribution in [-0.2, 0) is 7.05 Å². The third kappa shape index (κ3) is 4.10. The Hall–Kier alpha value is -3.31. The van der Waals surface area contributed by atoms with Crippen LogP contribution in [0.15, 0.2) is 95.3 Å². The van der Waals surface area contributed by atoms with E-state index >= 15 is 0 Å². The second kappa shape index (κ2) is 8.37. The fraction of sp³-hybridized carbons (Fsp3) is 0.125. The highest BCUT2D eigenvalue weighted by atomic mass is 32.1. The molecule has 0 fully saturated rings. The number of hydrogen-bond donors (Lipinski definition) is 0. The van der Waals surface area contributed by atoms with Crippen molar-refractivity contribution in [2.75, 3.05) is 19.0 Å². The van der Waals surface area contributed by atoms with Crippen LogP contribution >= 0.6 is 11.3 Å². The van der Waals surface area contributed by atoms with E-state index in [2.05, 4.69) is 68.2 Å². The van der Waals surface area contributed by atoms with Gasteiger partial charge in [-0.1, -0.05) is 54.6 Å². The number of thiazole rings is 1. The Balaban J connectivity index is 1.71. The fourth-order valence-corrected chi connectivity index (χ4v) is 4.16. The summed E-state index contributed by atoms with van der Waals surface area (Å²) in [6, 6.07) is 27.1. The molecule has 5 heteroatoms. The number of nitrogens with zero attached hydrogens (tertiary/aromatic N) is 4. The van der Waals surface area contributed by atoms with Crippen molar-refractivity contribution in [3.8, 4) is 0 Å². The first-order valence-corrected chi connectivity index (χ1v) is 10.3. The Morgan fingerprint density at radius 1 is 0.862 bits per heavy atom. The van der Waals surface area contributed by atoms with Gasteiger partial charge in [0.2, 0.25) is 0 Å². The van der Waals surface area contributed by atoms with Crippen LogP contribution in [0.2, 0.25) is 0 Å². The highest BCUT2D eigenvalue weighted by molar-refractivity contribution is 7.21. The summed E-state index contributed by atoms with van der Waals surface area (Å²) in [6.07, 6.45) is 1.85. The number of aryl methyl sites for hydroxylation is 1. The van der Waals surface area contributed by atoms with Gasteiger partial charge >= 0.3 is 5.13 Å². The normalized spacial score (nSPS) is 12.0. The highest BCUT2D eigenvalue weighted by Gasteiger charge is 2.15. The van der Waals surface area contributed by atoms with Crippen LogP contribution in [0.25, 0.3) is 15.8 Å². The van der Waals surface area contributed by atoms with Crippen molar-refractivity contribution >= 4 is 37.9 Å². The molecule has 0 aliphatic rings. The molecule has 0 atom stereocenters. The predicted molar refractivity (Wildman–Crippen MR) is 122 cm³/mol. The summed E-state index contributed by atoms with van der Waals surface area (Å²) in [7, 11) is 6.11. The smallest absolute Gasteiger partial charge is 0.378 e. The molecule has 0 N–H and O–H groups in total. The lowest BCUT2D eigenvalue weighted by atomic mass is 9.99. The zero-order chi connectivity index (χ0) is 20.2. The van der Waals surface area contributed by atoms with Gasteiger partial charge in [-0.25, -0.2) is 4.57 Å². The van der Waals surface area contributed by atoms with E-state index in [9.17, 15) is 0 Å². The maximum Gasteiger partial charge on any atom is 0.409 e. The standard InChI is InChI=1S/C24H23N4S/c1-27(2)20-15-13-19(14-16-20)21(18-9-5-4-6-10-18)17-25-26-24-28(3)22-11-7-8-12-23(22)29-24/h4-17H,1-3H3/q+1. The summed E-state index contributed by atoms with van der Waals surface area (Å²) in [5.41, 5.74) is 5.60. The monoisotopic (exact) mass is 399 g/mol. The van der Waals surface area contributed by atoms with Crippen molar-refractivity contribution in [3.63, 3.8) is 0 Å². The van der Waals surface area contributed by atoms with Gasteiger partial charge in [-0.3, -0.25) is 0 Å². The minimum Gasteiger partial charge on any atom is -0.378 e. The molecule has 3 aromatic carbocycles. The van der Waals surface area contributed by atoms with E-state index in [1.165, 1.54) is 10.4 Å². The number of aromatic nitrogens is 1. The van der Waals surface area contributed by atoms with Crippen LogP contribution in [-0.4, -0.2) is 14.1 Å². The molecule has 0 saturated carbocycles. The average molecular weight is 400 g/mol. The van der Waals surface area contributed by atoms with E-state index in [-0.39, 0.29) is 0 Å². The number of hydrogen-bond acceptors (Lipinski definition) is 4. The van der Waals surface area contributed by atoms with Crippen molar-refractivity contribution in [1.29, 1.82) is 0 Å². The molecule has 0 amide bonds. The summed E-state index contributed by atoms with van der Waals surface area (Å²) in [5, 5.41) is 9.82. The molecule has 1 aromatic heterocycles. The van der Waals surface area contributed by atoms with Crippen molar-refractivity contribution < 1.29 is 4.57 Å². The van der Waals surface area contributed by atoms with E-state index < -0.39 is 0 Å². The Kier molecular flexibility index (Phi) is 5.49. The largest absolute Gasteiger partial charge is 0.409 e. The first-order valence-electron chi connectivity index (χ1n) is 9.45. The van der Waals surface area contributed by atoms with Crippen LogP contribution in [0, 0.1) is 0 Å². The molecule has 1 heterocycles. The second-order valence-electron chi connectivity index (χ2n) is 6.98. The van der Waals surface area contributed by atoms with Gasteiger partial charge in [0.05, 0.1) is 23.1 Å². The van der Waals surface area contributed by atoms with Gasteiger partial charge in [-0.05, 0) is 51.8 Å². The number of azo groups is 1. The van der Waals surface area contributed by atoms with Crippen LogP contribution in [0.4, 0.5) is 10.8 Å². The summed E-state index contributed by atoms with van der Waals surface area (Å²) in [5.74, 6) is 0. The lowest BCUT2D eigenvalue weighted by Crippen LogP contribution is -2.25. The number of benzene rings is 3. The number of rotatable bonds is 5. The molecular weight excluding hydrogens is 376 g/mol. The summed E-state index contributed by atoms with van der Waals surface area (Å²) >= 11 is 1.64. The molecule has 0 aliphatic heterocycles. The molecule has 4 nitrogen and oxygen atoms in total. The Morgan fingerprint density at radius 2 is 1.52 bits per heavy atom. The molecule has 0 saturated heterocycles. The maximum absolute atomic E-state index is 4.50. The predicted octanol–water partition coefficient (Wildman–Crippen LogP) is 5.96. The highest BCUT2D eigenvalue weighted by Crippen LogP contribution is 2.28. The molecule has 4 rings (SSSR count). The van der Waals surface area contributed by atoms with Crippen molar-refractivity contribution in [1.82, 2.24) is 0 Å². The maximum atomic E-state index is 4.50. The summed E-state index contributed by atoms with van der Waals surface area (Å²) in [4.78, 5) is 2.09. The third-order valence-electron chi connectivity index (χ3n) is 4.82. The minimum atomic E-state index is 0.873. The van der Waals surface area contributed by atoms with Gasteiger partial charge in [-0.15, -0.1) is 0 Å². The molecule has 0 aliphatic carbocycles. The quantitative estimate of drug-likeness (QED) is 0.301. The topological polar surface area (TPSA) is 31.8 Å². The lowest BCUT2D eigenvalue weighted by Gasteiger charge is -2.13. The van der Waals surface area contributed by atoms with E-state index in [0.717, 1.165) is 27.3 Å². The first-order chi connectivity index (χ1) is 14.1. The molecular formula is C24H23N4S+. The fourth-order valence-electron chi connectivity index (χ4n) is 3.19. The molecule has 144 valence electrons. The first kappa shape index (κ1) is 19.0. The van der Waals surface area contributed by atoms with Crippen molar-refractivity contribution in [3.05, 3.63) is 96.2 Å². The zero-order valence-electron chi connectivity index (χ0n) is 16.8. The van der Waals surface area contributed by atoms with E-state index in [1.54, 1.807) is 11.3 Å². The molecule has 0 radical (unpaired) electrons. The van der Waals surface area contributed by atoms with Gasteiger partial charge in [0.25, 0.3) is 0 Å². The molecule has 0 unspecified atom stereocenters. The van der Waals surface area contributed by atoms with Gasteiger partial charge in [0.1, 0.15) is 5.52 Å². The van der Waals surface area contributed by atoms with Gasteiger partial charge < -0.3 is 4.90 Å². The Bertz CT molecular complexity index is 1170. The number of para-hydroxylation sites is 1. The molecule has 29 heavy (non-hydrogen) atoms. The Morgan fingerprint density at radius 3 is 2.21 bits per heavy atom. The zero-order valence-corrected chi connectivity index (χ0v) is 17.6. The Labute approximate surface area is 175 Å². The SMILES string of the molecule is CN(C)c1ccc(C(=CN=Nc2sc3ccccc3[n+]2C)c2ccccc2)cc1. The average Bonchev–Trinajstić information content (AvgIpc) is 3.08. The van der Waals surface area contributed by atoms with Crippen LogP contribution in [0.1, 0.15) is 11.1 Å². The van der Waals surface area contributed by atoms with Gasteiger partial charge in [-0.2, -0.15) is 0 Å². The molecule has 0 spiro atoms. The van der Waals surface area contributed by atoms with Crippen molar-refractivity contribution in [2.24, 2.45) is 17.3 Å². The minimum absolute atomic E-state index is 0.873. The molecule has 0 bridgehead atoms. The molecule has 4 aromatic rings. The van der Waals surface area contributed by atoms with Crippen LogP contribution in [0.5, 0.6) is 0 Å². The van der Waals surface area contributed by atoms with E-state index in [0.29, 0.717) is 0 Å². The van der Waals surface area contributed by atoms with E-state index in [4.69, 9.17) is 0 Å². The third-order valence-corrected chi connectivity index (χ3v) is 5.93. The number of anilines is 1. The van der Waals surface area contributed by atoms with Crippen LogP contribution < -0.4 is 9.47 Å². The second-order valence-corrected chi connectivity index (χ2v) is 7.99. The van der Waals surface area contributed by atoms with Gasteiger partial charge in [0, 0.05) is 25.4 Å². The number of fused-ring (bicyclic) bond motifs is 1. The van der Waals surface area contributed by atoms with Gasteiger partial charge in [0.15, 0.2) is 0 Å². The summed E-state index contributed by atoms with van der Waals surface area (Å²) in [6.45, 7) is 0. The lowest BCUT2D eigenvalue weighted by molar-refractivity contribution is -0.627. The summed E-state index contributed by atoms with van der Waals surface area (Å²) < 4.78 is 3.28.